The van der Waals surface area contributed by atoms with Crippen LogP contribution in [-0.4, -0.2) is 25.7 Å². The van der Waals surface area contributed by atoms with Gasteiger partial charge in [-0.2, -0.15) is 5.10 Å². The van der Waals surface area contributed by atoms with Gasteiger partial charge < -0.3 is 9.73 Å². The van der Waals surface area contributed by atoms with Crippen molar-refractivity contribution in [1.29, 1.82) is 0 Å². The predicted octanol–water partition coefficient (Wildman–Crippen LogP) is 2.85. The Morgan fingerprint density at radius 2 is 2.00 bits per heavy atom. The van der Waals surface area contributed by atoms with Gasteiger partial charge >= 0.3 is 0 Å². The number of nitrogens with one attached hydrogen (secondary N) is 1. The van der Waals surface area contributed by atoms with Crippen molar-refractivity contribution in [2.75, 3.05) is 0 Å². The summed E-state index contributed by atoms with van der Waals surface area (Å²) in [5, 5.41) is 7.05. The van der Waals surface area contributed by atoms with Crippen molar-refractivity contribution < 1.29 is 9.21 Å². The Hall–Kier alpha value is -3.74. The lowest BCUT2D eigenvalue weighted by atomic mass is 10.2. The van der Waals surface area contributed by atoms with Crippen LogP contribution in [0.5, 0.6) is 0 Å². The molecule has 1 N–H and O–H groups in total. The van der Waals surface area contributed by atoms with Crippen molar-refractivity contribution in [3.63, 3.8) is 0 Å². The zero-order valence-electron chi connectivity index (χ0n) is 13.7. The summed E-state index contributed by atoms with van der Waals surface area (Å²) in [6.07, 6.45) is 8.28. The van der Waals surface area contributed by atoms with Crippen LogP contribution in [0.2, 0.25) is 0 Å². The van der Waals surface area contributed by atoms with E-state index in [9.17, 15) is 4.79 Å². The predicted molar refractivity (Wildman–Crippen MR) is 94.5 cm³/mol. The number of hydrogen-bond acceptors (Lipinski definition) is 5. The fourth-order valence-corrected chi connectivity index (χ4v) is 2.59. The Labute approximate surface area is 149 Å². The number of rotatable bonds is 5. The third kappa shape index (κ3) is 3.23. The molecular weight excluding hydrogens is 330 g/mol. The van der Waals surface area contributed by atoms with Crippen molar-refractivity contribution in [2.45, 2.75) is 6.54 Å². The number of aromatic nitrogens is 4. The lowest BCUT2D eigenvalue weighted by Gasteiger charge is -2.09. The van der Waals surface area contributed by atoms with Gasteiger partial charge in [0.2, 0.25) is 0 Å². The second kappa shape index (κ2) is 7.02. The molecule has 0 saturated heterocycles. The van der Waals surface area contributed by atoms with E-state index < -0.39 is 0 Å². The van der Waals surface area contributed by atoms with Gasteiger partial charge in [0.05, 0.1) is 24.2 Å². The second-order valence-corrected chi connectivity index (χ2v) is 5.51. The number of nitrogens with zero attached hydrogens (tertiary/aromatic N) is 4. The fraction of sp³-hybridized carbons (Fsp3) is 0.0526. The number of furan rings is 1. The van der Waals surface area contributed by atoms with E-state index in [-0.39, 0.29) is 12.5 Å². The van der Waals surface area contributed by atoms with Gasteiger partial charge in [-0.25, -0.2) is 9.67 Å². The van der Waals surface area contributed by atoms with Crippen LogP contribution < -0.4 is 5.32 Å². The van der Waals surface area contributed by atoms with Crippen LogP contribution >= 0.6 is 0 Å². The number of carbonyl (C=O) groups excluding carboxylic acids is 1. The van der Waals surface area contributed by atoms with Crippen LogP contribution in [0.3, 0.4) is 0 Å². The van der Waals surface area contributed by atoms with E-state index in [1.807, 2.05) is 30.5 Å². The minimum Gasteiger partial charge on any atom is -0.463 e. The summed E-state index contributed by atoms with van der Waals surface area (Å²) >= 11 is 0. The van der Waals surface area contributed by atoms with E-state index >= 15 is 0 Å². The Bertz CT molecular complexity index is 1010. The molecule has 0 spiro atoms. The quantitative estimate of drug-likeness (QED) is 0.601. The van der Waals surface area contributed by atoms with Crippen LogP contribution in [0.25, 0.3) is 17.1 Å². The Morgan fingerprint density at radius 1 is 1.08 bits per heavy atom. The molecular formula is C19H15N5O2. The zero-order chi connectivity index (χ0) is 17.8. The van der Waals surface area contributed by atoms with Gasteiger partial charge in [-0.3, -0.25) is 9.78 Å². The SMILES string of the molecule is O=C(NCc1nccnc1-c1ccco1)c1cccc(-n2cccn2)c1. The normalized spacial score (nSPS) is 10.6. The first kappa shape index (κ1) is 15.8. The maximum atomic E-state index is 12.5. The van der Waals surface area contributed by atoms with E-state index in [4.69, 9.17) is 4.42 Å². The molecule has 0 saturated carbocycles. The highest BCUT2D eigenvalue weighted by atomic mass is 16.3. The number of hydrogen-bond donors (Lipinski definition) is 1. The smallest absolute Gasteiger partial charge is 0.251 e. The minimum atomic E-state index is -0.199. The lowest BCUT2D eigenvalue weighted by Crippen LogP contribution is -2.24. The molecule has 0 aliphatic heterocycles. The molecule has 0 bridgehead atoms. The van der Waals surface area contributed by atoms with Gasteiger partial charge in [0.1, 0.15) is 5.69 Å². The van der Waals surface area contributed by atoms with Crippen LogP contribution in [0, 0.1) is 0 Å². The first-order valence-corrected chi connectivity index (χ1v) is 8.03. The standard InChI is InChI=1S/C19H15N5O2/c25-19(14-4-1-5-15(12-14)24-10-3-7-23-24)22-13-16-18(21-9-8-20-16)17-6-2-11-26-17/h1-12H,13H2,(H,22,25). The van der Waals surface area contributed by atoms with Gasteiger partial charge in [-0.05, 0) is 36.4 Å². The van der Waals surface area contributed by atoms with Gasteiger partial charge in [-0.1, -0.05) is 6.07 Å². The molecule has 4 aromatic rings. The molecule has 128 valence electrons. The van der Waals surface area contributed by atoms with Gasteiger partial charge in [-0.15, -0.1) is 0 Å². The molecule has 0 unspecified atom stereocenters. The molecule has 3 heterocycles. The monoisotopic (exact) mass is 345 g/mol. The summed E-state index contributed by atoms with van der Waals surface area (Å²) in [5.74, 6) is 0.415. The highest BCUT2D eigenvalue weighted by Gasteiger charge is 2.13. The maximum Gasteiger partial charge on any atom is 0.251 e. The Morgan fingerprint density at radius 3 is 2.81 bits per heavy atom. The largest absolute Gasteiger partial charge is 0.463 e. The average Bonchev–Trinajstić information content (AvgIpc) is 3.40. The third-order valence-electron chi connectivity index (χ3n) is 3.82. The molecule has 7 heteroatoms. The highest BCUT2D eigenvalue weighted by Crippen LogP contribution is 2.20. The summed E-state index contributed by atoms with van der Waals surface area (Å²) in [6.45, 7) is 0.245. The summed E-state index contributed by atoms with van der Waals surface area (Å²) < 4.78 is 7.09. The van der Waals surface area contributed by atoms with E-state index in [0.29, 0.717) is 22.7 Å². The zero-order valence-corrected chi connectivity index (χ0v) is 13.7. The first-order chi connectivity index (χ1) is 12.8. The van der Waals surface area contributed by atoms with Crippen molar-refractivity contribution in [1.82, 2.24) is 25.1 Å². The van der Waals surface area contributed by atoms with Gasteiger partial charge in [0, 0.05) is 30.4 Å². The average molecular weight is 345 g/mol. The molecule has 7 nitrogen and oxygen atoms in total. The lowest BCUT2D eigenvalue weighted by molar-refractivity contribution is 0.0950. The van der Waals surface area contributed by atoms with E-state index in [1.165, 1.54) is 0 Å². The molecule has 1 amide bonds. The Balaban J connectivity index is 1.51. The summed E-state index contributed by atoms with van der Waals surface area (Å²) in [7, 11) is 0. The summed E-state index contributed by atoms with van der Waals surface area (Å²) in [5.41, 5.74) is 2.61. The molecule has 1 aromatic carbocycles. The highest BCUT2D eigenvalue weighted by molar-refractivity contribution is 5.94. The molecule has 0 aliphatic carbocycles. The van der Waals surface area contributed by atoms with Crippen LogP contribution in [-0.2, 0) is 6.54 Å². The molecule has 0 fully saturated rings. The van der Waals surface area contributed by atoms with Crippen LogP contribution in [0.1, 0.15) is 16.1 Å². The summed E-state index contributed by atoms with van der Waals surface area (Å²) in [6, 6.07) is 12.7. The van der Waals surface area contributed by atoms with E-state index in [2.05, 4.69) is 20.4 Å². The van der Waals surface area contributed by atoms with E-state index in [0.717, 1.165) is 5.69 Å². The Kier molecular flexibility index (Phi) is 4.26. The number of benzene rings is 1. The summed E-state index contributed by atoms with van der Waals surface area (Å²) in [4.78, 5) is 21.1. The van der Waals surface area contributed by atoms with Crippen molar-refractivity contribution in [3.8, 4) is 17.1 Å². The molecule has 4 rings (SSSR count). The first-order valence-electron chi connectivity index (χ1n) is 8.03. The number of amides is 1. The number of carbonyl (C=O) groups is 1. The second-order valence-electron chi connectivity index (χ2n) is 5.51. The van der Waals surface area contributed by atoms with Gasteiger partial charge in [0.15, 0.2) is 5.76 Å². The molecule has 0 atom stereocenters. The minimum absolute atomic E-state index is 0.199. The third-order valence-corrected chi connectivity index (χ3v) is 3.82. The molecule has 0 radical (unpaired) electrons. The topological polar surface area (TPSA) is 85.8 Å². The fourth-order valence-electron chi connectivity index (χ4n) is 2.59. The van der Waals surface area contributed by atoms with Crippen molar-refractivity contribution in [3.05, 3.63) is 84.8 Å². The van der Waals surface area contributed by atoms with Crippen molar-refractivity contribution >= 4 is 5.91 Å². The van der Waals surface area contributed by atoms with Gasteiger partial charge in [0.25, 0.3) is 5.91 Å². The maximum absolute atomic E-state index is 12.5. The molecule has 26 heavy (non-hydrogen) atoms. The van der Waals surface area contributed by atoms with Crippen LogP contribution in [0.4, 0.5) is 0 Å². The van der Waals surface area contributed by atoms with Crippen LogP contribution in [0.15, 0.2) is 77.9 Å². The van der Waals surface area contributed by atoms with E-state index in [1.54, 1.807) is 47.7 Å². The molecule has 0 aliphatic rings. The molecule has 3 aromatic heterocycles. The van der Waals surface area contributed by atoms with Crippen molar-refractivity contribution in [2.24, 2.45) is 0 Å².